The average Bonchev–Trinajstić information content (AvgIpc) is 3.09. The summed E-state index contributed by atoms with van der Waals surface area (Å²) in [5.41, 5.74) is 0.303. The first-order valence-corrected chi connectivity index (χ1v) is 8.90. The lowest BCUT2D eigenvalue weighted by Gasteiger charge is -2.18. The van der Waals surface area contributed by atoms with E-state index in [4.69, 9.17) is 18.6 Å². The fraction of sp³-hybridized carbons (Fsp3) is 0.312. The normalized spacial score (nSPS) is 13.7. The molecule has 0 saturated heterocycles. The third-order valence-corrected chi connectivity index (χ3v) is 5.18. The van der Waals surface area contributed by atoms with Gasteiger partial charge >= 0.3 is 5.97 Å². The largest absolute Gasteiger partial charge is 0.486 e. The Balaban J connectivity index is 1.66. The van der Waals surface area contributed by atoms with E-state index in [9.17, 15) is 13.2 Å². The Morgan fingerprint density at radius 2 is 1.84 bits per heavy atom. The van der Waals surface area contributed by atoms with Gasteiger partial charge in [-0.25, -0.2) is 17.5 Å². The zero-order valence-electron chi connectivity index (χ0n) is 13.7. The van der Waals surface area contributed by atoms with Gasteiger partial charge in [0, 0.05) is 14.1 Å². The molecule has 0 N–H and O–H groups in total. The number of rotatable bonds is 5. The van der Waals surface area contributed by atoms with Crippen LogP contribution in [0.25, 0.3) is 0 Å². The molecule has 0 fully saturated rings. The number of carbonyl (C=O) groups is 1. The summed E-state index contributed by atoms with van der Waals surface area (Å²) >= 11 is 0. The number of hydrogen-bond donors (Lipinski definition) is 0. The number of furan rings is 1. The van der Waals surface area contributed by atoms with Gasteiger partial charge in [0.25, 0.3) is 10.0 Å². The predicted molar refractivity (Wildman–Crippen MR) is 86.1 cm³/mol. The molecule has 2 aromatic rings. The summed E-state index contributed by atoms with van der Waals surface area (Å²) in [6.45, 7) is 0.699. The van der Waals surface area contributed by atoms with Gasteiger partial charge in [-0.05, 0) is 30.3 Å². The van der Waals surface area contributed by atoms with Crippen molar-refractivity contribution in [3.8, 4) is 11.5 Å². The number of esters is 1. The van der Waals surface area contributed by atoms with Crippen LogP contribution in [0, 0.1) is 0 Å². The van der Waals surface area contributed by atoms with E-state index in [1.165, 1.54) is 26.2 Å². The van der Waals surface area contributed by atoms with Crippen molar-refractivity contribution in [3.63, 3.8) is 0 Å². The topological polar surface area (TPSA) is 95.3 Å². The number of hydrogen-bond acceptors (Lipinski definition) is 7. The minimum atomic E-state index is -3.66. The first kappa shape index (κ1) is 17.3. The Morgan fingerprint density at radius 1 is 1.12 bits per heavy atom. The molecule has 1 aromatic heterocycles. The standard InChI is InChI=1S/C16H17NO7S/c1-17(2)25(19,20)15-6-4-12(24-15)10-23-16(18)11-3-5-13-14(9-11)22-8-7-21-13/h3-6,9H,7-8,10H2,1-2H3. The molecule has 0 radical (unpaired) electrons. The third kappa shape index (κ3) is 3.62. The van der Waals surface area contributed by atoms with Crippen molar-refractivity contribution in [3.05, 3.63) is 41.7 Å². The van der Waals surface area contributed by atoms with Crippen LogP contribution in [0.4, 0.5) is 0 Å². The first-order chi connectivity index (χ1) is 11.9. The average molecular weight is 367 g/mol. The maximum Gasteiger partial charge on any atom is 0.338 e. The lowest BCUT2D eigenvalue weighted by molar-refractivity contribution is 0.0439. The Kier molecular flexibility index (Phi) is 4.69. The molecule has 1 aliphatic heterocycles. The quantitative estimate of drug-likeness (QED) is 0.742. The lowest BCUT2D eigenvalue weighted by Crippen LogP contribution is -2.21. The molecule has 3 rings (SSSR count). The maximum absolute atomic E-state index is 12.1. The van der Waals surface area contributed by atoms with Gasteiger partial charge in [0.15, 0.2) is 11.5 Å². The van der Waals surface area contributed by atoms with Crippen LogP contribution in [0.5, 0.6) is 11.5 Å². The zero-order chi connectivity index (χ0) is 18.0. The minimum absolute atomic E-state index is 0.184. The van der Waals surface area contributed by atoms with Gasteiger partial charge < -0.3 is 18.6 Å². The molecule has 0 amide bonds. The fourth-order valence-corrected chi connectivity index (χ4v) is 2.96. The van der Waals surface area contributed by atoms with E-state index in [0.29, 0.717) is 30.3 Å². The zero-order valence-corrected chi connectivity index (χ0v) is 14.5. The number of sulfonamides is 1. The number of carbonyl (C=O) groups excluding carboxylic acids is 1. The number of fused-ring (bicyclic) bond motifs is 1. The fourth-order valence-electron chi connectivity index (χ4n) is 2.14. The van der Waals surface area contributed by atoms with E-state index in [0.717, 1.165) is 4.31 Å². The third-order valence-electron chi connectivity index (χ3n) is 3.50. The monoisotopic (exact) mass is 367 g/mol. The molecule has 9 heteroatoms. The van der Waals surface area contributed by atoms with Crippen molar-refractivity contribution >= 4 is 16.0 Å². The highest BCUT2D eigenvalue weighted by atomic mass is 32.2. The Hall–Kier alpha value is -2.52. The summed E-state index contributed by atoms with van der Waals surface area (Å²) in [4.78, 5) is 12.1. The van der Waals surface area contributed by atoms with Gasteiger partial charge in [-0.1, -0.05) is 0 Å². The molecular weight excluding hydrogens is 350 g/mol. The molecule has 2 heterocycles. The molecule has 1 aliphatic rings. The molecule has 0 unspecified atom stereocenters. The Bertz CT molecular complexity index is 886. The van der Waals surface area contributed by atoms with Crippen molar-refractivity contribution in [2.24, 2.45) is 0 Å². The van der Waals surface area contributed by atoms with E-state index in [1.54, 1.807) is 18.2 Å². The van der Waals surface area contributed by atoms with E-state index < -0.39 is 16.0 Å². The van der Waals surface area contributed by atoms with Crippen LogP contribution in [0.1, 0.15) is 16.1 Å². The van der Waals surface area contributed by atoms with E-state index in [2.05, 4.69) is 0 Å². The lowest BCUT2D eigenvalue weighted by atomic mass is 10.2. The SMILES string of the molecule is CN(C)S(=O)(=O)c1ccc(COC(=O)c2ccc3c(c2)OCCO3)o1. The molecule has 134 valence electrons. The smallest absolute Gasteiger partial charge is 0.338 e. The summed E-state index contributed by atoms with van der Waals surface area (Å²) in [6, 6.07) is 7.52. The van der Waals surface area contributed by atoms with E-state index in [-0.39, 0.29) is 17.5 Å². The second-order valence-electron chi connectivity index (χ2n) is 5.44. The van der Waals surface area contributed by atoms with Crippen LogP contribution in [-0.4, -0.2) is 46.0 Å². The minimum Gasteiger partial charge on any atom is -0.486 e. The molecule has 0 spiro atoms. The van der Waals surface area contributed by atoms with Gasteiger partial charge in [-0.3, -0.25) is 0 Å². The van der Waals surface area contributed by atoms with E-state index >= 15 is 0 Å². The Morgan fingerprint density at radius 3 is 2.56 bits per heavy atom. The van der Waals surface area contributed by atoms with Crippen LogP contribution >= 0.6 is 0 Å². The second kappa shape index (κ2) is 6.77. The van der Waals surface area contributed by atoms with Gasteiger partial charge in [-0.15, -0.1) is 0 Å². The van der Waals surface area contributed by atoms with Crippen molar-refractivity contribution in [2.45, 2.75) is 11.7 Å². The summed E-state index contributed by atoms with van der Waals surface area (Å²) in [7, 11) is -0.857. The molecule has 25 heavy (non-hydrogen) atoms. The van der Waals surface area contributed by atoms with Crippen LogP contribution in [0.2, 0.25) is 0 Å². The maximum atomic E-state index is 12.1. The highest BCUT2D eigenvalue weighted by Crippen LogP contribution is 2.31. The molecule has 8 nitrogen and oxygen atoms in total. The van der Waals surface area contributed by atoms with Crippen LogP contribution in [0.15, 0.2) is 39.8 Å². The van der Waals surface area contributed by atoms with Gasteiger partial charge in [0.1, 0.15) is 25.6 Å². The van der Waals surface area contributed by atoms with Gasteiger partial charge in [0.2, 0.25) is 5.09 Å². The van der Waals surface area contributed by atoms with Crippen molar-refractivity contribution < 1.29 is 31.8 Å². The van der Waals surface area contributed by atoms with Crippen molar-refractivity contribution in [2.75, 3.05) is 27.3 Å². The summed E-state index contributed by atoms with van der Waals surface area (Å²) in [6.07, 6.45) is 0. The predicted octanol–water partition coefficient (Wildman–Crippen LogP) is 1.66. The molecule has 0 bridgehead atoms. The number of benzene rings is 1. The van der Waals surface area contributed by atoms with Crippen LogP contribution in [-0.2, 0) is 21.4 Å². The molecule has 1 aromatic carbocycles. The van der Waals surface area contributed by atoms with Crippen molar-refractivity contribution in [1.29, 1.82) is 0 Å². The number of ether oxygens (including phenoxy) is 3. The molecular formula is C16H17NO7S. The highest BCUT2D eigenvalue weighted by molar-refractivity contribution is 7.88. The number of nitrogens with zero attached hydrogens (tertiary/aromatic N) is 1. The molecule has 0 saturated carbocycles. The van der Waals surface area contributed by atoms with Crippen LogP contribution < -0.4 is 9.47 Å². The molecule has 0 aliphatic carbocycles. The molecule has 0 atom stereocenters. The summed E-state index contributed by atoms with van der Waals surface area (Å²) in [5, 5.41) is -0.206. The second-order valence-corrected chi connectivity index (χ2v) is 7.53. The summed E-state index contributed by atoms with van der Waals surface area (Å²) in [5.74, 6) is 0.710. The van der Waals surface area contributed by atoms with Gasteiger partial charge in [-0.2, -0.15) is 0 Å². The van der Waals surface area contributed by atoms with Crippen molar-refractivity contribution in [1.82, 2.24) is 4.31 Å². The summed E-state index contributed by atoms with van der Waals surface area (Å²) < 4.78 is 46.1. The first-order valence-electron chi connectivity index (χ1n) is 7.46. The highest BCUT2D eigenvalue weighted by Gasteiger charge is 2.22. The van der Waals surface area contributed by atoms with E-state index in [1.807, 2.05) is 0 Å². The van der Waals surface area contributed by atoms with Gasteiger partial charge in [0.05, 0.1) is 5.56 Å². The van der Waals surface area contributed by atoms with Crippen LogP contribution in [0.3, 0.4) is 0 Å². The Labute approximate surface area is 144 Å².